The molecule has 2 aromatic rings. The molecule has 2 heterocycles. The Kier molecular flexibility index (Phi) is 2.35. The molecule has 0 amide bonds. The Bertz CT molecular complexity index is 597. The molecule has 0 bridgehead atoms. The maximum atomic E-state index is 11.3. The van der Waals surface area contributed by atoms with Gasteiger partial charge in [0.2, 0.25) is 5.56 Å². The number of H-pyrrole nitrogens is 2. The molecule has 0 fully saturated rings. The van der Waals surface area contributed by atoms with Crippen LogP contribution >= 0.6 is 0 Å². The average Bonchev–Trinajstić information content (AvgIpc) is 2.72. The number of hydrogen-bond acceptors (Lipinski definition) is 2. The highest BCUT2D eigenvalue weighted by molar-refractivity contribution is 5.55. The topological polar surface area (TPSA) is 61.5 Å². The summed E-state index contributed by atoms with van der Waals surface area (Å²) in [5.41, 5.74) is 3.17. The zero-order valence-corrected chi connectivity index (χ0v) is 9.79. The number of nitrogens with one attached hydrogen (secondary N) is 2. The summed E-state index contributed by atoms with van der Waals surface area (Å²) >= 11 is 0. The second kappa shape index (κ2) is 3.87. The minimum atomic E-state index is -0.0924. The van der Waals surface area contributed by atoms with Gasteiger partial charge in [0.1, 0.15) is 5.82 Å². The second-order valence-electron chi connectivity index (χ2n) is 4.80. The first-order chi connectivity index (χ1) is 8.22. The quantitative estimate of drug-likeness (QED) is 0.784. The lowest BCUT2D eigenvalue weighted by Crippen LogP contribution is -2.10. The Labute approximate surface area is 99.1 Å². The van der Waals surface area contributed by atoms with Crippen molar-refractivity contribution in [3.63, 3.8) is 0 Å². The molecule has 17 heavy (non-hydrogen) atoms. The van der Waals surface area contributed by atoms with Crippen LogP contribution < -0.4 is 5.56 Å². The number of pyridine rings is 1. The molecule has 0 aromatic carbocycles. The molecule has 0 saturated carbocycles. The number of hydrogen-bond donors (Lipinski definition) is 2. The van der Waals surface area contributed by atoms with Crippen LogP contribution in [0.4, 0.5) is 0 Å². The van der Waals surface area contributed by atoms with Crippen molar-refractivity contribution in [1.82, 2.24) is 15.0 Å². The van der Waals surface area contributed by atoms with Gasteiger partial charge in [-0.1, -0.05) is 6.92 Å². The van der Waals surface area contributed by atoms with Crippen LogP contribution in [0.15, 0.2) is 23.1 Å². The highest BCUT2D eigenvalue weighted by atomic mass is 16.1. The number of aryl methyl sites for hydroxylation is 1. The van der Waals surface area contributed by atoms with E-state index in [1.54, 1.807) is 12.3 Å². The van der Waals surface area contributed by atoms with Crippen molar-refractivity contribution >= 4 is 0 Å². The molecule has 0 radical (unpaired) electrons. The highest BCUT2D eigenvalue weighted by Gasteiger charge is 2.19. The Morgan fingerprint density at radius 2 is 2.35 bits per heavy atom. The van der Waals surface area contributed by atoms with E-state index in [1.165, 1.54) is 17.8 Å². The van der Waals surface area contributed by atoms with E-state index >= 15 is 0 Å². The summed E-state index contributed by atoms with van der Waals surface area (Å²) in [6, 6.07) is 3.45. The zero-order valence-electron chi connectivity index (χ0n) is 9.79. The van der Waals surface area contributed by atoms with E-state index in [2.05, 4.69) is 21.9 Å². The standard InChI is InChI=1S/C13H15N3O/c1-8-2-3-10-11(6-8)16-13(15-10)9-4-5-14-12(17)7-9/h4-5,7-8H,2-3,6H2,1H3,(H,14,17)(H,15,16). The monoisotopic (exact) mass is 229 g/mol. The molecular weight excluding hydrogens is 214 g/mol. The summed E-state index contributed by atoms with van der Waals surface area (Å²) < 4.78 is 0. The van der Waals surface area contributed by atoms with E-state index in [0.717, 1.165) is 30.1 Å². The molecule has 2 N–H and O–H groups in total. The summed E-state index contributed by atoms with van der Waals surface area (Å²) in [5, 5.41) is 0. The van der Waals surface area contributed by atoms with Crippen LogP contribution in [0.3, 0.4) is 0 Å². The molecular formula is C13H15N3O. The van der Waals surface area contributed by atoms with Crippen molar-refractivity contribution in [1.29, 1.82) is 0 Å². The Morgan fingerprint density at radius 3 is 3.18 bits per heavy atom. The lowest BCUT2D eigenvalue weighted by atomic mass is 9.92. The summed E-state index contributed by atoms with van der Waals surface area (Å²) in [6.07, 6.45) is 4.95. The summed E-state index contributed by atoms with van der Waals surface area (Å²) in [5.74, 6) is 1.53. The van der Waals surface area contributed by atoms with Crippen molar-refractivity contribution in [2.24, 2.45) is 5.92 Å². The Balaban J connectivity index is 2.03. The van der Waals surface area contributed by atoms with Gasteiger partial charge in [-0.25, -0.2) is 4.98 Å². The first-order valence-corrected chi connectivity index (χ1v) is 5.99. The Hall–Kier alpha value is -1.84. The van der Waals surface area contributed by atoms with Crippen molar-refractivity contribution in [2.75, 3.05) is 0 Å². The smallest absolute Gasteiger partial charge is 0.248 e. The third-order valence-electron chi connectivity index (χ3n) is 3.34. The molecule has 1 unspecified atom stereocenters. The Morgan fingerprint density at radius 1 is 1.47 bits per heavy atom. The summed E-state index contributed by atoms with van der Waals surface area (Å²) in [4.78, 5) is 21.8. The molecule has 1 atom stereocenters. The molecule has 4 heteroatoms. The zero-order chi connectivity index (χ0) is 11.8. The van der Waals surface area contributed by atoms with Gasteiger partial charge in [0.25, 0.3) is 0 Å². The first kappa shape index (κ1) is 10.3. The number of nitrogens with zero attached hydrogens (tertiary/aromatic N) is 1. The normalized spacial score (nSPS) is 19.0. The number of aromatic amines is 2. The third kappa shape index (κ3) is 1.90. The van der Waals surface area contributed by atoms with Crippen LogP contribution in [-0.2, 0) is 12.8 Å². The number of imidazole rings is 1. The highest BCUT2D eigenvalue weighted by Crippen LogP contribution is 2.26. The van der Waals surface area contributed by atoms with E-state index < -0.39 is 0 Å². The molecule has 2 aromatic heterocycles. The van der Waals surface area contributed by atoms with E-state index in [1.807, 2.05) is 6.07 Å². The molecule has 4 nitrogen and oxygen atoms in total. The number of fused-ring (bicyclic) bond motifs is 1. The van der Waals surface area contributed by atoms with Crippen LogP contribution in [0, 0.1) is 5.92 Å². The molecule has 0 aliphatic heterocycles. The number of aromatic nitrogens is 3. The minimum absolute atomic E-state index is 0.0924. The van der Waals surface area contributed by atoms with Crippen LogP contribution in [0.2, 0.25) is 0 Å². The fraction of sp³-hybridized carbons (Fsp3) is 0.385. The van der Waals surface area contributed by atoms with E-state index in [9.17, 15) is 4.79 Å². The van der Waals surface area contributed by atoms with Gasteiger partial charge >= 0.3 is 0 Å². The lowest BCUT2D eigenvalue weighted by molar-refractivity contribution is 0.492. The van der Waals surface area contributed by atoms with Gasteiger partial charge < -0.3 is 9.97 Å². The predicted octanol–water partition coefficient (Wildman–Crippen LogP) is 1.89. The molecule has 1 aliphatic rings. The van der Waals surface area contributed by atoms with E-state index in [0.29, 0.717) is 0 Å². The van der Waals surface area contributed by atoms with Gasteiger partial charge in [0.15, 0.2) is 0 Å². The maximum absolute atomic E-state index is 11.3. The molecule has 3 rings (SSSR count). The average molecular weight is 229 g/mol. The molecule has 1 aliphatic carbocycles. The van der Waals surface area contributed by atoms with Gasteiger partial charge in [-0.3, -0.25) is 4.79 Å². The van der Waals surface area contributed by atoms with E-state index in [-0.39, 0.29) is 5.56 Å². The van der Waals surface area contributed by atoms with Crippen molar-refractivity contribution in [3.05, 3.63) is 40.1 Å². The fourth-order valence-corrected chi connectivity index (χ4v) is 2.38. The van der Waals surface area contributed by atoms with Crippen molar-refractivity contribution < 1.29 is 0 Å². The first-order valence-electron chi connectivity index (χ1n) is 5.99. The fourth-order valence-electron chi connectivity index (χ4n) is 2.38. The third-order valence-corrected chi connectivity index (χ3v) is 3.34. The summed E-state index contributed by atoms with van der Waals surface area (Å²) in [7, 11) is 0. The minimum Gasteiger partial charge on any atom is -0.342 e. The molecule has 88 valence electrons. The van der Waals surface area contributed by atoms with Gasteiger partial charge in [-0.05, 0) is 31.2 Å². The second-order valence-corrected chi connectivity index (χ2v) is 4.80. The molecule has 0 spiro atoms. The van der Waals surface area contributed by atoms with Crippen LogP contribution in [0.1, 0.15) is 24.7 Å². The SMILES string of the molecule is CC1CCc2nc(-c3cc[nH]c(=O)c3)[nH]c2C1. The van der Waals surface area contributed by atoms with Gasteiger partial charge in [-0.15, -0.1) is 0 Å². The largest absolute Gasteiger partial charge is 0.342 e. The number of rotatable bonds is 1. The summed E-state index contributed by atoms with van der Waals surface area (Å²) in [6.45, 7) is 2.26. The van der Waals surface area contributed by atoms with Crippen LogP contribution in [0.25, 0.3) is 11.4 Å². The maximum Gasteiger partial charge on any atom is 0.248 e. The van der Waals surface area contributed by atoms with Crippen molar-refractivity contribution in [2.45, 2.75) is 26.2 Å². The van der Waals surface area contributed by atoms with Gasteiger partial charge in [0, 0.05) is 23.5 Å². The van der Waals surface area contributed by atoms with Crippen LogP contribution in [0.5, 0.6) is 0 Å². The van der Waals surface area contributed by atoms with Crippen molar-refractivity contribution in [3.8, 4) is 11.4 Å². The predicted molar refractivity (Wildman–Crippen MR) is 65.8 cm³/mol. The van der Waals surface area contributed by atoms with Crippen LogP contribution in [-0.4, -0.2) is 15.0 Å². The van der Waals surface area contributed by atoms with Gasteiger partial charge in [-0.2, -0.15) is 0 Å². The molecule has 0 saturated heterocycles. The van der Waals surface area contributed by atoms with E-state index in [4.69, 9.17) is 0 Å². The lowest BCUT2D eigenvalue weighted by Gasteiger charge is -2.15. The van der Waals surface area contributed by atoms with Gasteiger partial charge in [0.05, 0.1) is 5.69 Å².